The molecule has 2 aromatic rings. The lowest BCUT2D eigenvalue weighted by Gasteiger charge is -2.11. The Kier molecular flexibility index (Phi) is 3.42. The van der Waals surface area contributed by atoms with E-state index in [4.69, 9.17) is 0 Å². The van der Waals surface area contributed by atoms with Crippen LogP contribution in [0.5, 0.6) is 5.88 Å². The topological polar surface area (TPSA) is 81.2 Å². The van der Waals surface area contributed by atoms with Crippen molar-refractivity contribution in [3.63, 3.8) is 0 Å². The number of hydrogen-bond acceptors (Lipinski definition) is 6. The second-order valence-corrected chi connectivity index (χ2v) is 5.18. The van der Waals surface area contributed by atoms with Gasteiger partial charge in [0, 0.05) is 30.9 Å². The number of nitrogens with one attached hydrogen (secondary N) is 1. The summed E-state index contributed by atoms with van der Waals surface area (Å²) >= 11 is 0. The first-order valence-corrected chi connectivity index (χ1v) is 6.59. The van der Waals surface area contributed by atoms with Gasteiger partial charge in [0.05, 0.1) is 0 Å². The van der Waals surface area contributed by atoms with Gasteiger partial charge in [-0.1, -0.05) is 0 Å². The van der Waals surface area contributed by atoms with Crippen LogP contribution < -0.4 is 9.50 Å². The first kappa shape index (κ1) is 14.3. The molecule has 0 aliphatic carbocycles. The maximum absolute atomic E-state index is 12.2. The van der Waals surface area contributed by atoms with Crippen LogP contribution in [0, 0.1) is 0 Å². The molecule has 0 bridgehead atoms. The van der Waals surface area contributed by atoms with Crippen molar-refractivity contribution in [2.24, 2.45) is 0 Å². The summed E-state index contributed by atoms with van der Waals surface area (Å²) in [5, 5.41) is 3.58. The van der Waals surface area contributed by atoms with E-state index in [2.05, 4.69) is 19.5 Å². The zero-order chi connectivity index (χ0) is 15.0. The van der Waals surface area contributed by atoms with E-state index in [9.17, 15) is 21.6 Å². The SMILES string of the molecule is CNc1nc(OS(=O)(=O)C(F)(F)F)cc2ccncc12. The Morgan fingerprint density at radius 1 is 1.35 bits per heavy atom. The van der Waals surface area contributed by atoms with E-state index >= 15 is 0 Å². The highest BCUT2D eigenvalue weighted by molar-refractivity contribution is 7.87. The standard InChI is InChI=1S/C10H8F3N3O3S/c1-14-9-7-5-15-3-2-6(7)4-8(16-9)19-20(17,18)10(11,12)13/h2-5H,1H3,(H,14,16). The zero-order valence-corrected chi connectivity index (χ0v) is 10.8. The average molecular weight is 307 g/mol. The molecule has 0 amide bonds. The maximum Gasteiger partial charge on any atom is 0.534 e. The molecule has 2 aromatic heterocycles. The van der Waals surface area contributed by atoms with Gasteiger partial charge >= 0.3 is 15.6 Å². The normalized spacial score (nSPS) is 12.4. The molecule has 0 aliphatic rings. The number of aromatic nitrogens is 2. The molecule has 0 spiro atoms. The van der Waals surface area contributed by atoms with Crippen LogP contribution in [0.2, 0.25) is 0 Å². The minimum absolute atomic E-state index is 0.156. The van der Waals surface area contributed by atoms with E-state index in [1.807, 2.05) is 0 Å². The highest BCUT2D eigenvalue weighted by atomic mass is 32.2. The van der Waals surface area contributed by atoms with Crippen LogP contribution in [-0.2, 0) is 10.1 Å². The predicted molar refractivity (Wildman–Crippen MR) is 64.7 cm³/mol. The molecule has 0 aromatic carbocycles. The van der Waals surface area contributed by atoms with Gasteiger partial charge in [0.25, 0.3) is 0 Å². The lowest BCUT2D eigenvalue weighted by molar-refractivity contribution is -0.0501. The summed E-state index contributed by atoms with van der Waals surface area (Å²) in [6, 6.07) is 2.58. The van der Waals surface area contributed by atoms with Gasteiger partial charge in [-0.2, -0.15) is 26.6 Å². The molecule has 0 saturated carbocycles. The fourth-order valence-corrected chi connectivity index (χ4v) is 1.86. The van der Waals surface area contributed by atoms with Gasteiger partial charge in [0.1, 0.15) is 5.82 Å². The van der Waals surface area contributed by atoms with Crippen molar-refractivity contribution < 1.29 is 25.8 Å². The molecule has 108 valence electrons. The summed E-state index contributed by atoms with van der Waals surface area (Å²) in [6.45, 7) is 0. The molecule has 0 aliphatic heterocycles. The minimum atomic E-state index is -5.75. The fraction of sp³-hybridized carbons (Fsp3) is 0.200. The second kappa shape index (κ2) is 4.78. The lowest BCUT2D eigenvalue weighted by atomic mass is 10.2. The monoisotopic (exact) mass is 307 g/mol. The van der Waals surface area contributed by atoms with Gasteiger partial charge in [0.15, 0.2) is 0 Å². The minimum Gasteiger partial charge on any atom is -0.372 e. The number of alkyl halides is 3. The van der Waals surface area contributed by atoms with Crippen molar-refractivity contribution in [3.8, 4) is 5.88 Å². The van der Waals surface area contributed by atoms with Gasteiger partial charge in [-0.25, -0.2) is 0 Å². The molecule has 1 N–H and O–H groups in total. The Labute approximate surface area is 111 Å². The number of rotatable bonds is 3. The van der Waals surface area contributed by atoms with Crippen molar-refractivity contribution in [1.82, 2.24) is 9.97 Å². The van der Waals surface area contributed by atoms with Crippen molar-refractivity contribution in [1.29, 1.82) is 0 Å². The van der Waals surface area contributed by atoms with Gasteiger partial charge in [0.2, 0.25) is 5.88 Å². The highest BCUT2D eigenvalue weighted by Crippen LogP contribution is 2.29. The quantitative estimate of drug-likeness (QED) is 0.689. The van der Waals surface area contributed by atoms with Crippen LogP contribution in [0.3, 0.4) is 0 Å². The molecule has 0 unspecified atom stereocenters. The van der Waals surface area contributed by atoms with Crippen LogP contribution in [0.15, 0.2) is 24.5 Å². The largest absolute Gasteiger partial charge is 0.534 e. The van der Waals surface area contributed by atoms with Gasteiger partial charge in [-0.15, -0.1) is 0 Å². The molecule has 0 atom stereocenters. The van der Waals surface area contributed by atoms with Crippen LogP contribution in [-0.4, -0.2) is 30.9 Å². The van der Waals surface area contributed by atoms with E-state index in [-0.39, 0.29) is 5.82 Å². The van der Waals surface area contributed by atoms with Crippen LogP contribution in [0.4, 0.5) is 19.0 Å². The van der Waals surface area contributed by atoms with Crippen molar-refractivity contribution in [2.75, 3.05) is 12.4 Å². The van der Waals surface area contributed by atoms with E-state index in [0.717, 1.165) is 6.07 Å². The summed E-state index contributed by atoms with van der Waals surface area (Å²) in [4.78, 5) is 7.51. The molecular weight excluding hydrogens is 299 g/mol. The number of anilines is 1. The van der Waals surface area contributed by atoms with Crippen molar-refractivity contribution >= 4 is 26.7 Å². The van der Waals surface area contributed by atoms with E-state index in [1.54, 1.807) is 0 Å². The Hall–Kier alpha value is -2.10. The second-order valence-electron chi connectivity index (χ2n) is 3.64. The summed E-state index contributed by atoms with van der Waals surface area (Å²) in [7, 11) is -4.27. The van der Waals surface area contributed by atoms with Crippen molar-refractivity contribution in [3.05, 3.63) is 24.5 Å². The number of hydrogen-bond donors (Lipinski definition) is 1. The average Bonchev–Trinajstić information content (AvgIpc) is 2.36. The summed E-state index contributed by atoms with van der Waals surface area (Å²) < 4.78 is 62.6. The number of fused-ring (bicyclic) bond motifs is 1. The summed E-state index contributed by atoms with van der Waals surface area (Å²) in [5.74, 6) is -0.520. The van der Waals surface area contributed by atoms with Crippen molar-refractivity contribution in [2.45, 2.75) is 5.51 Å². The fourth-order valence-electron chi connectivity index (χ4n) is 1.46. The van der Waals surface area contributed by atoms with Crippen LogP contribution in [0.25, 0.3) is 10.8 Å². The maximum atomic E-state index is 12.2. The molecule has 0 radical (unpaired) electrons. The number of pyridine rings is 2. The number of nitrogens with zero attached hydrogens (tertiary/aromatic N) is 2. The van der Waals surface area contributed by atoms with Gasteiger partial charge in [-0.05, 0) is 11.5 Å². The Balaban J connectivity index is 2.52. The molecule has 2 heterocycles. The van der Waals surface area contributed by atoms with E-state index in [0.29, 0.717) is 10.8 Å². The molecule has 6 nitrogen and oxygen atoms in total. The molecule has 2 rings (SSSR count). The Morgan fingerprint density at radius 3 is 2.65 bits per heavy atom. The van der Waals surface area contributed by atoms with E-state index < -0.39 is 21.5 Å². The lowest BCUT2D eigenvalue weighted by Crippen LogP contribution is -2.28. The Morgan fingerprint density at radius 2 is 2.05 bits per heavy atom. The van der Waals surface area contributed by atoms with E-state index in [1.165, 1.54) is 25.5 Å². The summed E-state index contributed by atoms with van der Waals surface area (Å²) in [6.07, 6.45) is 2.85. The third-order valence-corrected chi connectivity index (χ3v) is 3.28. The highest BCUT2D eigenvalue weighted by Gasteiger charge is 2.48. The third kappa shape index (κ3) is 2.59. The Bertz CT molecular complexity index is 746. The molecule has 0 saturated heterocycles. The van der Waals surface area contributed by atoms with Crippen LogP contribution in [0.1, 0.15) is 0 Å². The zero-order valence-electron chi connectivity index (χ0n) is 9.97. The first-order chi connectivity index (χ1) is 9.24. The molecule has 0 fully saturated rings. The van der Waals surface area contributed by atoms with Crippen LogP contribution >= 0.6 is 0 Å². The molecule has 10 heteroatoms. The van der Waals surface area contributed by atoms with Gasteiger partial charge < -0.3 is 9.50 Å². The third-order valence-electron chi connectivity index (χ3n) is 2.33. The molecule has 20 heavy (non-hydrogen) atoms. The number of halogens is 3. The van der Waals surface area contributed by atoms with Gasteiger partial charge in [-0.3, -0.25) is 4.98 Å². The smallest absolute Gasteiger partial charge is 0.372 e. The molecular formula is C10H8F3N3O3S. The first-order valence-electron chi connectivity index (χ1n) is 5.18. The summed E-state index contributed by atoms with van der Waals surface area (Å²) in [5.41, 5.74) is -5.51. The predicted octanol–water partition coefficient (Wildman–Crippen LogP) is 1.90.